The van der Waals surface area contributed by atoms with Crippen LogP contribution in [0.15, 0.2) is 40.1 Å². The quantitative estimate of drug-likeness (QED) is 0.625. The molecule has 2 aromatic heterocycles. The number of aromatic amines is 1. The third kappa shape index (κ3) is 4.07. The molecule has 1 atom stereocenters. The summed E-state index contributed by atoms with van der Waals surface area (Å²) in [4.78, 5) is 34.6. The van der Waals surface area contributed by atoms with Crippen LogP contribution in [0.5, 0.6) is 0 Å². The fourth-order valence-electron chi connectivity index (χ4n) is 3.56. The van der Waals surface area contributed by atoms with Gasteiger partial charge in [-0.3, -0.25) is 9.59 Å². The monoisotopic (exact) mass is 414 g/mol. The number of thiazole rings is 1. The van der Waals surface area contributed by atoms with Gasteiger partial charge in [0, 0.05) is 35.9 Å². The summed E-state index contributed by atoms with van der Waals surface area (Å²) < 4.78 is 0.905. The highest BCUT2D eigenvalue weighted by Crippen LogP contribution is 2.23. The van der Waals surface area contributed by atoms with Crippen molar-refractivity contribution in [3.8, 4) is 0 Å². The number of thioether (sulfide) groups is 1. The van der Waals surface area contributed by atoms with Gasteiger partial charge in [0.2, 0.25) is 0 Å². The van der Waals surface area contributed by atoms with Gasteiger partial charge >= 0.3 is 0 Å². The van der Waals surface area contributed by atoms with Crippen molar-refractivity contribution in [2.45, 2.75) is 17.2 Å². The minimum absolute atomic E-state index is 0.0109. The van der Waals surface area contributed by atoms with E-state index in [4.69, 9.17) is 0 Å². The van der Waals surface area contributed by atoms with Crippen molar-refractivity contribution in [3.05, 3.63) is 47.1 Å². The Hall–Kier alpha value is -2.32. The molecule has 2 amide bonds. The molecule has 1 aliphatic rings. The minimum Gasteiger partial charge on any atom is -0.351 e. The molecule has 28 heavy (non-hydrogen) atoms. The Kier molecular flexibility index (Phi) is 5.68. The van der Waals surface area contributed by atoms with E-state index in [-0.39, 0.29) is 17.7 Å². The topological polar surface area (TPSA) is 78.1 Å². The number of H-pyrrole nitrogens is 1. The van der Waals surface area contributed by atoms with Crippen LogP contribution in [0, 0.1) is 5.92 Å². The van der Waals surface area contributed by atoms with Gasteiger partial charge in [0.05, 0.1) is 0 Å². The third-order valence-electron chi connectivity index (χ3n) is 5.01. The molecule has 2 N–H and O–H groups in total. The van der Waals surface area contributed by atoms with Crippen LogP contribution in [0.2, 0.25) is 0 Å². The zero-order valence-electron chi connectivity index (χ0n) is 15.6. The molecule has 4 rings (SSSR count). The molecule has 6 nitrogen and oxygen atoms in total. The highest BCUT2D eigenvalue weighted by molar-refractivity contribution is 8.00. The van der Waals surface area contributed by atoms with Crippen LogP contribution in [0.4, 0.5) is 0 Å². The zero-order chi connectivity index (χ0) is 19.5. The Labute approximate surface area is 171 Å². The Morgan fingerprint density at radius 2 is 2.25 bits per heavy atom. The summed E-state index contributed by atoms with van der Waals surface area (Å²) in [5.74, 6) is 0.136. The molecule has 1 aliphatic heterocycles. The number of nitrogens with zero attached hydrogens (tertiary/aromatic N) is 2. The second kappa shape index (κ2) is 8.36. The lowest BCUT2D eigenvalue weighted by Gasteiger charge is -2.32. The first kappa shape index (κ1) is 19.0. The fourth-order valence-corrected chi connectivity index (χ4v) is 4.79. The van der Waals surface area contributed by atoms with Gasteiger partial charge < -0.3 is 15.2 Å². The van der Waals surface area contributed by atoms with E-state index in [9.17, 15) is 9.59 Å². The molecule has 3 aromatic rings. The van der Waals surface area contributed by atoms with Crippen molar-refractivity contribution < 1.29 is 9.59 Å². The van der Waals surface area contributed by atoms with Crippen LogP contribution < -0.4 is 5.32 Å². The summed E-state index contributed by atoms with van der Waals surface area (Å²) in [5, 5.41) is 5.87. The highest BCUT2D eigenvalue weighted by atomic mass is 32.2. The maximum atomic E-state index is 12.7. The van der Waals surface area contributed by atoms with Gasteiger partial charge in [0.1, 0.15) is 15.7 Å². The van der Waals surface area contributed by atoms with Gasteiger partial charge in [-0.1, -0.05) is 30.0 Å². The standard InChI is InChI=1S/C20H22N4O2S2/c1-27-20-23-17(12-28-20)19(26)24-8-4-5-13(11-24)10-21-18(25)16-9-14-6-2-3-7-15(14)22-16/h2-3,6-7,9,12-13,22H,4-5,8,10-11H2,1H3,(H,21,25). The van der Waals surface area contributed by atoms with E-state index >= 15 is 0 Å². The number of carbonyl (C=O) groups is 2. The average molecular weight is 415 g/mol. The van der Waals surface area contributed by atoms with E-state index in [0.29, 0.717) is 24.5 Å². The predicted molar refractivity (Wildman–Crippen MR) is 113 cm³/mol. The predicted octanol–water partition coefficient (Wildman–Crippen LogP) is 3.63. The molecule has 0 radical (unpaired) electrons. The number of carbonyl (C=O) groups excluding carboxylic acids is 2. The van der Waals surface area contributed by atoms with E-state index in [2.05, 4.69) is 15.3 Å². The highest BCUT2D eigenvalue weighted by Gasteiger charge is 2.26. The Morgan fingerprint density at radius 3 is 3.04 bits per heavy atom. The fraction of sp³-hybridized carbons (Fsp3) is 0.350. The van der Waals surface area contributed by atoms with Gasteiger partial charge in [0.25, 0.3) is 11.8 Å². The van der Waals surface area contributed by atoms with Crippen molar-refractivity contribution in [3.63, 3.8) is 0 Å². The zero-order valence-corrected chi connectivity index (χ0v) is 17.2. The molecule has 146 valence electrons. The maximum Gasteiger partial charge on any atom is 0.273 e. The molecule has 1 saturated heterocycles. The Morgan fingerprint density at radius 1 is 1.39 bits per heavy atom. The molecule has 0 saturated carbocycles. The van der Waals surface area contributed by atoms with Crippen LogP contribution in [0.3, 0.4) is 0 Å². The molecule has 0 aliphatic carbocycles. The number of piperidine rings is 1. The van der Waals surface area contributed by atoms with Crippen LogP contribution in [0.25, 0.3) is 10.9 Å². The lowest BCUT2D eigenvalue weighted by molar-refractivity contribution is 0.0665. The van der Waals surface area contributed by atoms with Crippen molar-refractivity contribution >= 4 is 45.8 Å². The number of benzene rings is 1. The second-order valence-electron chi connectivity index (χ2n) is 6.94. The number of aromatic nitrogens is 2. The molecule has 0 spiro atoms. The van der Waals surface area contributed by atoms with Crippen molar-refractivity contribution in [1.29, 1.82) is 0 Å². The Bertz CT molecular complexity index is 964. The molecule has 1 aromatic carbocycles. The summed E-state index contributed by atoms with van der Waals surface area (Å²) in [6.07, 6.45) is 3.90. The molecule has 1 unspecified atom stereocenters. The van der Waals surface area contributed by atoms with Crippen molar-refractivity contribution in [2.24, 2.45) is 5.92 Å². The second-order valence-corrected chi connectivity index (χ2v) is 8.85. The van der Waals surface area contributed by atoms with E-state index in [1.54, 1.807) is 11.8 Å². The number of hydrogen-bond acceptors (Lipinski definition) is 5. The number of para-hydroxylation sites is 1. The van der Waals surface area contributed by atoms with Crippen LogP contribution >= 0.6 is 23.1 Å². The molecule has 8 heteroatoms. The molecular weight excluding hydrogens is 392 g/mol. The first-order valence-electron chi connectivity index (χ1n) is 9.29. The first-order chi connectivity index (χ1) is 13.6. The van der Waals surface area contributed by atoms with Crippen molar-refractivity contribution in [2.75, 3.05) is 25.9 Å². The van der Waals surface area contributed by atoms with Gasteiger partial charge in [0.15, 0.2) is 0 Å². The SMILES string of the molecule is CSc1nc(C(=O)N2CCCC(CNC(=O)c3cc4ccccc4[nH]3)C2)cs1. The first-order valence-corrected chi connectivity index (χ1v) is 11.4. The summed E-state index contributed by atoms with van der Waals surface area (Å²) in [7, 11) is 0. The summed E-state index contributed by atoms with van der Waals surface area (Å²) in [5.41, 5.74) is 2.05. The van der Waals surface area contributed by atoms with E-state index in [1.165, 1.54) is 11.3 Å². The van der Waals surface area contributed by atoms with E-state index in [1.807, 2.05) is 46.9 Å². The van der Waals surface area contributed by atoms with Crippen molar-refractivity contribution in [1.82, 2.24) is 20.2 Å². The average Bonchev–Trinajstić information content (AvgIpc) is 3.38. The Balaban J connectivity index is 1.34. The summed E-state index contributed by atoms with van der Waals surface area (Å²) >= 11 is 3.05. The molecule has 1 fully saturated rings. The molecule has 3 heterocycles. The number of fused-ring (bicyclic) bond motifs is 1. The largest absolute Gasteiger partial charge is 0.351 e. The normalized spacial score (nSPS) is 17.0. The van der Waals surface area contributed by atoms with Crippen LogP contribution in [-0.2, 0) is 0 Å². The lowest BCUT2D eigenvalue weighted by atomic mass is 9.97. The lowest BCUT2D eigenvalue weighted by Crippen LogP contribution is -2.43. The number of nitrogens with one attached hydrogen (secondary N) is 2. The maximum absolute atomic E-state index is 12.7. The molecular formula is C20H22N4O2S2. The van der Waals surface area contributed by atoms with Gasteiger partial charge in [-0.05, 0) is 37.1 Å². The summed E-state index contributed by atoms with van der Waals surface area (Å²) in [6, 6.07) is 9.70. The number of rotatable bonds is 5. The van der Waals surface area contributed by atoms with E-state index in [0.717, 1.165) is 34.6 Å². The number of likely N-dealkylation sites (tertiary alicyclic amines) is 1. The number of hydrogen-bond donors (Lipinski definition) is 2. The smallest absolute Gasteiger partial charge is 0.273 e. The van der Waals surface area contributed by atoms with Gasteiger partial charge in [-0.15, -0.1) is 11.3 Å². The minimum atomic E-state index is -0.108. The van der Waals surface area contributed by atoms with Crippen LogP contribution in [-0.4, -0.2) is 52.6 Å². The third-order valence-corrected chi connectivity index (χ3v) is 6.87. The molecule has 0 bridgehead atoms. The summed E-state index contributed by atoms with van der Waals surface area (Å²) in [6.45, 7) is 1.96. The van der Waals surface area contributed by atoms with Crippen LogP contribution in [0.1, 0.15) is 33.8 Å². The number of amides is 2. The van der Waals surface area contributed by atoms with E-state index < -0.39 is 0 Å². The van der Waals surface area contributed by atoms with Gasteiger partial charge in [-0.2, -0.15) is 0 Å². The van der Waals surface area contributed by atoms with Gasteiger partial charge in [-0.25, -0.2) is 4.98 Å².